The molecule has 0 aromatic heterocycles. The Morgan fingerprint density at radius 2 is 2.00 bits per heavy atom. The highest BCUT2D eigenvalue weighted by molar-refractivity contribution is 7.90. The number of halogens is 1. The summed E-state index contributed by atoms with van der Waals surface area (Å²) in [7, 11) is -3.57. The summed E-state index contributed by atoms with van der Waals surface area (Å²) in [6.45, 7) is 1.61. The molecular formula is C12H14ClNO5S. The van der Waals surface area contributed by atoms with Gasteiger partial charge in [0, 0.05) is 11.8 Å². The number of hydrogen-bond donors (Lipinski definition) is 2. The van der Waals surface area contributed by atoms with Crippen LogP contribution in [0.15, 0.2) is 23.1 Å². The summed E-state index contributed by atoms with van der Waals surface area (Å²) < 4.78 is 23.0. The zero-order valence-electron chi connectivity index (χ0n) is 10.9. The number of carboxylic acid groups (broad SMARTS) is 1. The Kier molecular flexibility index (Phi) is 5.13. The molecule has 20 heavy (non-hydrogen) atoms. The van der Waals surface area contributed by atoms with E-state index in [0.29, 0.717) is 0 Å². The molecule has 0 aliphatic carbocycles. The second-order valence-corrected chi connectivity index (χ2v) is 6.58. The van der Waals surface area contributed by atoms with Crippen LogP contribution >= 0.6 is 11.6 Å². The first-order valence-electron chi connectivity index (χ1n) is 5.70. The Morgan fingerprint density at radius 1 is 1.40 bits per heavy atom. The van der Waals surface area contributed by atoms with E-state index in [1.54, 1.807) is 6.92 Å². The molecule has 1 atom stereocenters. The van der Waals surface area contributed by atoms with Crippen molar-refractivity contribution < 1.29 is 23.1 Å². The largest absolute Gasteiger partial charge is 0.480 e. The van der Waals surface area contributed by atoms with Crippen LogP contribution in [0.2, 0.25) is 5.02 Å². The molecule has 1 amide bonds. The van der Waals surface area contributed by atoms with Gasteiger partial charge in [-0.25, -0.2) is 13.2 Å². The molecule has 0 aliphatic rings. The normalized spacial score (nSPS) is 12.8. The minimum atomic E-state index is -3.57. The van der Waals surface area contributed by atoms with Crippen LogP contribution in [0.1, 0.15) is 23.7 Å². The highest BCUT2D eigenvalue weighted by atomic mass is 35.5. The monoisotopic (exact) mass is 319 g/mol. The summed E-state index contributed by atoms with van der Waals surface area (Å²) in [5.74, 6) is -1.82. The summed E-state index contributed by atoms with van der Waals surface area (Å²) in [5, 5.41) is 11.2. The van der Waals surface area contributed by atoms with Crippen molar-refractivity contribution in [2.24, 2.45) is 0 Å². The lowest BCUT2D eigenvalue weighted by Crippen LogP contribution is -2.40. The Labute approximate surface area is 121 Å². The molecule has 0 saturated carbocycles. The maximum absolute atomic E-state index is 11.9. The van der Waals surface area contributed by atoms with Crippen LogP contribution in [0.25, 0.3) is 0 Å². The summed E-state index contributed by atoms with van der Waals surface area (Å²) >= 11 is 5.76. The van der Waals surface area contributed by atoms with Gasteiger partial charge >= 0.3 is 5.97 Å². The van der Waals surface area contributed by atoms with E-state index < -0.39 is 27.8 Å². The SMILES string of the molecule is CCC(NC(=O)c1ccc(Cl)c(S(C)(=O)=O)c1)C(=O)O. The van der Waals surface area contributed by atoms with Gasteiger partial charge in [-0.15, -0.1) is 0 Å². The van der Waals surface area contributed by atoms with Gasteiger partial charge in [0.1, 0.15) is 6.04 Å². The summed E-state index contributed by atoms with van der Waals surface area (Å²) in [4.78, 5) is 22.6. The molecule has 1 aromatic carbocycles. The van der Waals surface area contributed by atoms with Crippen molar-refractivity contribution in [2.45, 2.75) is 24.3 Å². The van der Waals surface area contributed by atoms with E-state index >= 15 is 0 Å². The predicted molar refractivity (Wildman–Crippen MR) is 73.7 cm³/mol. The van der Waals surface area contributed by atoms with Crippen LogP contribution in [-0.2, 0) is 14.6 Å². The van der Waals surface area contributed by atoms with Crippen LogP contribution in [0, 0.1) is 0 Å². The molecule has 0 fully saturated rings. The highest BCUT2D eigenvalue weighted by Crippen LogP contribution is 2.22. The van der Waals surface area contributed by atoms with E-state index in [1.807, 2.05) is 0 Å². The highest BCUT2D eigenvalue weighted by Gasteiger charge is 2.20. The third kappa shape index (κ3) is 3.94. The smallest absolute Gasteiger partial charge is 0.326 e. The second kappa shape index (κ2) is 6.23. The van der Waals surface area contributed by atoms with Crippen LogP contribution < -0.4 is 5.32 Å². The fourth-order valence-electron chi connectivity index (χ4n) is 1.51. The topological polar surface area (TPSA) is 101 Å². The minimum Gasteiger partial charge on any atom is -0.480 e. The number of carbonyl (C=O) groups excluding carboxylic acids is 1. The zero-order valence-corrected chi connectivity index (χ0v) is 12.5. The van der Waals surface area contributed by atoms with Crippen molar-refractivity contribution in [3.63, 3.8) is 0 Å². The fraction of sp³-hybridized carbons (Fsp3) is 0.333. The summed E-state index contributed by atoms with van der Waals surface area (Å²) in [5.41, 5.74) is 0.0366. The van der Waals surface area contributed by atoms with Crippen molar-refractivity contribution in [2.75, 3.05) is 6.26 Å². The van der Waals surface area contributed by atoms with E-state index in [9.17, 15) is 18.0 Å². The number of aliphatic carboxylic acids is 1. The summed E-state index contributed by atoms with van der Waals surface area (Å²) in [6, 6.07) is 2.72. The van der Waals surface area contributed by atoms with Crippen LogP contribution in [-0.4, -0.2) is 37.7 Å². The number of amides is 1. The van der Waals surface area contributed by atoms with E-state index in [4.69, 9.17) is 16.7 Å². The first-order chi connectivity index (χ1) is 9.16. The number of carbonyl (C=O) groups is 2. The number of sulfone groups is 1. The molecular weight excluding hydrogens is 306 g/mol. The molecule has 0 saturated heterocycles. The van der Waals surface area contributed by atoms with Crippen molar-refractivity contribution in [3.8, 4) is 0 Å². The van der Waals surface area contributed by atoms with Crippen LogP contribution in [0.4, 0.5) is 0 Å². The van der Waals surface area contributed by atoms with Gasteiger partial charge in [0.05, 0.1) is 9.92 Å². The van der Waals surface area contributed by atoms with Crippen molar-refractivity contribution in [1.29, 1.82) is 0 Å². The minimum absolute atomic E-state index is 0.00864. The fourth-order valence-corrected chi connectivity index (χ4v) is 2.81. The number of rotatable bonds is 5. The van der Waals surface area contributed by atoms with Crippen molar-refractivity contribution in [3.05, 3.63) is 28.8 Å². The molecule has 1 unspecified atom stereocenters. The maximum atomic E-state index is 11.9. The van der Waals surface area contributed by atoms with E-state index in [-0.39, 0.29) is 21.9 Å². The van der Waals surface area contributed by atoms with Gasteiger partial charge in [-0.2, -0.15) is 0 Å². The van der Waals surface area contributed by atoms with Gasteiger partial charge in [-0.05, 0) is 24.6 Å². The number of nitrogens with one attached hydrogen (secondary N) is 1. The Morgan fingerprint density at radius 3 is 2.45 bits per heavy atom. The number of carboxylic acids is 1. The number of benzene rings is 1. The lowest BCUT2D eigenvalue weighted by molar-refractivity contribution is -0.139. The molecule has 6 nitrogen and oxygen atoms in total. The molecule has 1 aromatic rings. The average molecular weight is 320 g/mol. The van der Waals surface area contributed by atoms with Crippen molar-refractivity contribution in [1.82, 2.24) is 5.32 Å². The third-order valence-electron chi connectivity index (χ3n) is 2.60. The second-order valence-electron chi connectivity index (χ2n) is 4.19. The predicted octanol–water partition coefficient (Wildman–Crippen LogP) is 1.34. The first-order valence-corrected chi connectivity index (χ1v) is 7.97. The molecule has 1 rings (SSSR count). The lowest BCUT2D eigenvalue weighted by Gasteiger charge is -2.13. The standard InChI is InChI=1S/C12H14ClNO5S/c1-3-9(12(16)17)14-11(15)7-4-5-8(13)10(6-7)20(2,18)19/h4-6,9H,3H2,1-2H3,(H,14,15)(H,16,17). The molecule has 110 valence electrons. The van der Waals surface area contributed by atoms with Crippen molar-refractivity contribution >= 4 is 33.3 Å². The third-order valence-corrected chi connectivity index (χ3v) is 4.18. The molecule has 2 N–H and O–H groups in total. The molecule has 8 heteroatoms. The van der Waals surface area contributed by atoms with Gasteiger partial charge in [-0.1, -0.05) is 18.5 Å². The zero-order chi connectivity index (χ0) is 15.5. The molecule has 0 spiro atoms. The Bertz CT molecular complexity index is 641. The van der Waals surface area contributed by atoms with Gasteiger partial charge in [0.25, 0.3) is 5.91 Å². The Balaban J connectivity index is 3.09. The first kappa shape index (κ1) is 16.5. The summed E-state index contributed by atoms with van der Waals surface area (Å²) in [6.07, 6.45) is 1.19. The van der Waals surface area contributed by atoms with E-state index in [2.05, 4.69) is 5.32 Å². The lowest BCUT2D eigenvalue weighted by atomic mass is 10.1. The quantitative estimate of drug-likeness (QED) is 0.853. The van der Waals surface area contributed by atoms with Gasteiger partial charge in [-0.3, -0.25) is 4.79 Å². The van der Waals surface area contributed by atoms with Gasteiger partial charge < -0.3 is 10.4 Å². The Hall–Kier alpha value is -1.60. The molecule has 0 aliphatic heterocycles. The van der Waals surface area contributed by atoms with Gasteiger partial charge in [0.2, 0.25) is 0 Å². The van der Waals surface area contributed by atoms with Crippen LogP contribution in [0.3, 0.4) is 0 Å². The van der Waals surface area contributed by atoms with E-state index in [1.165, 1.54) is 12.1 Å². The molecule has 0 heterocycles. The molecule has 0 radical (unpaired) electrons. The number of hydrogen-bond acceptors (Lipinski definition) is 4. The van der Waals surface area contributed by atoms with E-state index in [0.717, 1.165) is 12.3 Å². The van der Waals surface area contributed by atoms with Gasteiger partial charge in [0.15, 0.2) is 9.84 Å². The van der Waals surface area contributed by atoms with Crippen LogP contribution in [0.5, 0.6) is 0 Å². The maximum Gasteiger partial charge on any atom is 0.326 e. The molecule has 0 bridgehead atoms. The average Bonchev–Trinajstić information content (AvgIpc) is 2.34.